The summed E-state index contributed by atoms with van der Waals surface area (Å²) in [4.78, 5) is 27.1. The number of aromatic nitrogens is 2. The van der Waals surface area contributed by atoms with Crippen molar-refractivity contribution >= 4 is 58.5 Å². The first-order chi connectivity index (χ1) is 12.6. The molecule has 2 aromatic rings. The molecule has 0 atom stereocenters. The Morgan fingerprint density at radius 3 is 2.59 bits per heavy atom. The van der Waals surface area contributed by atoms with Crippen molar-refractivity contribution < 1.29 is 4.79 Å². The van der Waals surface area contributed by atoms with Gasteiger partial charge in [0.2, 0.25) is 0 Å². The number of rotatable bonds is 9. The Bertz CT molecular complexity index is 731. The zero-order chi connectivity index (χ0) is 18.8. The van der Waals surface area contributed by atoms with Gasteiger partial charge in [-0.15, -0.1) is 46.7 Å². The Labute approximate surface area is 185 Å². The fourth-order valence-electron chi connectivity index (χ4n) is 2.19. The van der Waals surface area contributed by atoms with Gasteiger partial charge in [-0.25, -0.2) is 9.97 Å². The van der Waals surface area contributed by atoms with Crippen molar-refractivity contribution in [3.05, 3.63) is 32.2 Å². The number of guanidine groups is 1. The molecule has 0 fully saturated rings. The lowest BCUT2D eigenvalue weighted by Gasteiger charge is -2.11. The zero-order valence-electron chi connectivity index (χ0n) is 15.9. The fourth-order valence-corrected chi connectivity index (χ4v) is 3.76. The molecule has 150 valence electrons. The van der Waals surface area contributed by atoms with Crippen LogP contribution in [0.4, 0.5) is 0 Å². The van der Waals surface area contributed by atoms with Crippen molar-refractivity contribution in [2.24, 2.45) is 4.99 Å². The second-order valence-electron chi connectivity index (χ2n) is 5.53. The summed E-state index contributed by atoms with van der Waals surface area (Å²) in [6.07, 6.45) is 3.81. The van der Waals surface area contributed by atoms with Crippen molar-refractivity contribution in [2.45, 2.75) is 33.6 Å². The van der Waals surface area contributed by atoms with Gasteiger partial charge in [0.1, 0.15) is 4.88 Å². The number of carbonyl (C=O) groups excluding carboxylic acids is 1. The van der Waals surface area contributed by atoms with Crippen LogP contribution in [0.1, 0.15) is 39.1 Å². The molecule has 0 saturated carbocycles. The van der Waals surface area contributed by atoms with Crippen LogP contribution in [0.25, 0.3) is 0 Å². The lowest BCUT2D eigenvalue weighted by molar-refractivity contribution is 0.0957. The summed E-state index contributed by atoms with van der Waals surface area (Å²) in [6.45, 7) is 8.59. The van der Waals surface area contributed by atoms with Gasteiger partial charge in [-0.05, 0) is 20.3 Å². The summed E-state index contributed by atoms with van der Waals surface area (Å²) in [5, 5.41) is 10.5. The molecule has 0 bridgehead atoms. The smallest absolute Gasteiger partial charge is 0.263 e. The number of aliphatic imine (C=N–C) groups is 1. The van der Waals surface area contributed by atoms with Crippen LogP contribution in [-0.2, 0) is 12.8 Å². The van der Waals surface area contributed by atoms with E-state index in [1.807, 2.05) is 20.0 Å². The predicted molar refractivity (Wildman–Crippen MR) is 124 cm³/mol. The Balaban J connectivity index is 0.00000364. The molecule has 0 aliphatic carbocycles. The van der Waals surface area contributed by atoms with Gasteiger partial charge in [0.15, 0.2) is 5.96 Å². The topological polar surface area (TPSA) is 91.3 Å². The average Bonchev–Trinajstić information content (AvgIpc) is 3.27. The molecule has 2 heterocycles. The summed E-state index contributed by atoms with van der Waals surface area (Å²) in [5.41, 5.74) is 2.45. The molecule has 0 radical (unpaired) electrons. The number of hydrogen-bond donors (Lipinski definition) is 3. The largest absolute Gasteiger partial charge is 0.357 e. The van der Waals surface area contributed by atoms with Crippen LogP contribution in [0, 0.1) is 6.92 Å². The van der Waals surface area contributed by atoms with E-state index >= 15 is 0 Å². The molecule has 7 nitrogen and oxygen atoms in total. The average molecular weight is 522 g/mol. The zero-order valence-corrected chi connectivity index (χ0v) is 19.8. The van der Waals surface area contributed by atoms with E-state index in [1.54, 1.807) is 16.8 Å². The molecule has 10 heteroatoms. The second kappa shape index (κ2) is 13.0. The van der Waals surface area contributed by atoms with Crippen LogP contribution in [0.3, 0.4) is 0 Å². The van der Waals surface area contributed by atoms with Gasteiger partial charge in [0, 0.05) is 43.7 Å². The molecular weight excluding hydrogens is 495 g/mol. The minimum Gasteiger partial charge on any atom is -0.357 e. The lowest BCUT2D eigenvalue weighted by atomic mass is 10.4. The van der Waals surface area contributed by atoms with Gasteiger partial charge in [0.25, 0.3) is 5.91 Å². The molecule has 0 saturated heterocycles. The number of nitrogens with one attached hydrogen (secondary N) is 3. The Morgan fingerprint density at radius 1 is 1.19 bits per heavy atom. The van der Waals surface area contributed by atoms with E-state index < -0.39 is 0 Å². The van der Waals surface area contributed by atoms with E-state index in [1.165, 1.54) is 16.2 Å². The van der Waals surface area contributed by atoms with Crippen LogP contribution in [-0.4, -0.2) is 48.0 Å². The van der Waals surface area contributed by atoms with Crippen molar-refractivity contribution in [3.63, 3.8) is 0 Å². The van der Waals surface area contributed by atoms with Gasteiger partial charge < -0.3 is 16.0 Å². The highest BCUT2D eigenvalue weighted by Gasteiger charge is 2.10. The van der Waals surface area contributed by atoms with Crippen molar-refractivity contribution in [1.82, 2.24) is 25.9 Å². The van der Waals surface area contributed by atoms with Gasteiger partial charge in [-0.1, -0.05) is 6.92 Å². The summed E-state index contributed by atoms with van der Waals surface area (Å²) in [7, 11) is 0. The molecular formula is C17H27IN6OS2. The molecule has 2 aromatic heterocycles. The molecule has 2 rings (SSSR count). The maximum atomic E-state index is 12.0. The standard InChI is InChI=1S/C17H26N6OS2.HI/c1-4-13-10-22-14(26-13)6-7-20-17(18-5-2)21-9-8-19-16(24)15-12(3)23-11-25-15;/h10-11H,4-9H2,1-3H3,(H,19,24)(H2,18,20,21);1H. The third-order valence-electron chi connectivity index (χ3n) is 3.54. The van der Waals surface area contributed by atoms with E-state index in [4.69, 9.17) is 0 Å². The van der Waals surface area contributed by atoms with Crippen LogP contribution in [0.5, 0.6) is 0 Å². The summed E-state index contributed by atoms with van der Waals surface area (Å²) in [6, 6.07) is 0. The maximum Gasteiger partial charge on any atom is 0.263 e. The summed E-state index contributed by atoms with van der Waals surface area (Å²) >= 11 is 3.11. The Kier molecular flexibility index (Phi) is 11.4. The number of halogens is 1. The van der Waals surface area contributed by atoms with Gasteiger partial charge >= 0.3 is 0 Å². The van der Waals surface area contributed by atoms with E-state index in [0.717, 1.165) is 36.0 Å². The number of thiazole rings is 2. The highest BCUT2D eigenvalue weighted by atomic mass is 127. The lowest BCUT2D eigenvalue weighted by Crippen LogP contribution is -2.41. The van der Waals surface area contributed by atoms with Crippen LogP contribution in [0.15, 0.2) is 16.7 Å². The number of hydrogen-bond acceptors (Lipinski definition) is 6. The van der Waals surface area contributed by atoms with E-state index in [0.29, 0.717) is 24.5 Å². The number of carbonyl (C=O) groups is 1. The summed E-state index contributed by atoms with van der Waals surface area (Å²) < 4.78 is 0. The molecule has 1 amide bonds. The minimum absolute atomic E-state index is 0. The predicted octanol–water partition coefficient (Wildman–Crippen LogP) is 2.62. The number of nitrogens with zero attached hydrogens (tertiary/aromatic N) is 3. The number of amides is 1. The molecule has 0 unspecified atom stereocenters. The Morgan fingerprint density at radius 2 is 1.96 bits per heavy atom. The quantitative estimate of drug-likeness (QED) is 0.204. The van der Waals surface area contributed by atoms with Crippen LogP contribution >= 0.6 is 46.7 Å². The third-order valence-corrected chi connectivity index (χ3v) is 5.67. The molecule has 0 aliphatic heterocycles. The van der Waals surface area contributed by atoms with E-state index in [2.05, 4.69) is 37.8 Å². The molecule has 3 N–H and O–H groups in total. The van der Waals surface area contributed by atoms with Gasteiger partial charge in [-0.2, -0.15) is 0 Å². The first-order valence-electron chi connectivity index (χ1n) is 8.78. The summed E-state index contributed by atoms with van der Waals surface area (Å²) in [5.74, 6) is 0.673. The monoisotopic (exact) mass is 522 g/mol. The minimum atomic E-state index is -0.0794. The third kappa shape index (κ3) is 8.09. The number of aryl methyl sites for hydroxylation is 2. The van der Waals surface area contributed by atoms with E-state index in [9.17, 15) is 4.79 Å². The molecule has 27 heavy (non-hydrogen) atoms. The van der Waals surface area contributed by atoms with Gasteiger partial charge in [0.05, 0.1) is 16.2 Å². The van der Waals surface area contributed by atoms with Crippen molar-refractivity contribution in [3.8, 4) is 0 Å². The van der Waals surface area contributed by atoms with E-state index in [-0.39, 0.29) is 29.9 Å². The highest BCUT2D eigenvalue weighted by molar-refractivity contribution is 14.0. The van der Waals surface area contributed by atoms with Crippen molar-refractivity contribution in [1.29, 1.82) is 0 Å². The first kappa shape index (κ1) is 23.8. The Hall–Kier alpha value is -1.27. The normalized spacial score (nSPS) is 11.0. The fraction of sp³-hybridized carbons (Fsp3) is 0.529. The van der Waals surface area contributed by atoms with Crippen LogP contribution in [0.2, 0.25) is 0 Å². The van der Waals surface area contributed by atoms with Crippen LogP contribution < -0.4 is 16.0 Å². The molecule has 0 spiro atoms. The molecule has 0 aliphatic rings. The first-order valence-corrected chi connectivity index (χ1v) is 10.5. The highest BCUT2D eigenvalue weighted by Crippen LogP contribution is 2.13. The second-order valence-corrected chi connectivity index (χ2v) is 7.59. The maximum absolute atomic E-state index is 12.0. The van der Waals surface area contributed by atoms with Crippen molar-refractivity contribution in [2.75, 3.05) is 26.2 Å². The molecule has 0 aromatic carbocycles. The SMILES string of the molecule is CCNC(=NCCc1ncc(CC)s1)NCCNC(=O)c1scnc1C.I. The van der Waals surface area contributed by atoms with Gasteiger partial charge in [-0.3, -0.25) is 9.79 Å².